The lowest BCUT2D eigenvalue weighted by atomic mass is 9.95. The summed E-state index contributed by atoms with van der Waals surface area (Å²) in [5.74, 6) is -0.351. The van der Waals surface area contributed by atoms with Gasteiger partial charge in [0, 0.05) is 92.0 Å². The molecule has 3 aliphatic rings. The lowest BCUT2D eigenvalue weighted by Crippen LogP contribution is -2.55. The molecule has 5 heterocycles. The first-order chi connectivity index (χ1) is 37.1. The zero-order chi connectivity index (χ0) is 54.5. The van der Waals surface area contributed by atoms with Gasteiger partial charge in [0.05, 0.1) is 22.2 Å². The molecule has 4 amide bonds. The number of nitrogens with zero attached hydrogens (tertiary/aromatic N) is 4. The Morgan fingerprint density at radius 2 is 1.64 bits per heavy atom. The van der Waals surface area contributed by atoms with Gasteiger partial charge in [-0.3, -0.25) is 24.0 Å². The van der Waals surface area contributed by atoms with Crippen molar-refractivity contribution in [1.82, 2.24) is 30.4 Å². The van der Waals surface area contributed by atoms with E-state index in [2.05, 4.69) is 38.5 Å². The number of aryl methyl sites for hydroxylation is 3. The average molecular weight is 1060 g/mol. The molecule has 3 aliphatic heterocycles. The minimum atomic E-state index is -0.938. The summed E-state index contributed by atoms with van der Waals surface area (Å²) >= 11 is 1.52. The highest BCUT2D eigenvalue weighted by atomic mass is 32.1. The normalized spacial score (nSPS) is 16.9. The van der Waals surface area contributed by atoms with Crippen molar-refractivity contribution in [1.29, 1.82) is 0 Å². The topological polar surface area (TPSA) is 196 Å². The van der Waals surface area contributed by atoms with Gasteiger partial charge < -0.3 is 49.6 Å². The number of H-pyrrole nitrogens is 1. The van der Waals surface area contributed by atoms with Gasteiger partial charge in [-0.15, -0.1) is 11.3 Å². The van der Waals surface area contributed by atoms with E-state index >= 15 is 0 Å². The standard InChI is InChI=1S/C60H69N7O9S/c1-8-65(45-19-21-74-22-20-45)51-27-44(26-49(38(51)6)56(69)62-31-50-36(4)25-37(5)64-57(50)70)40-15-17-47(18-16-40)75-23-24-76-53-28-41(55-39(7)63-34-77-55)13-14-42(53)30-61-58(71)52-29-46(68)33-66(52)60(73)54(35(2)3)67-32-43-11-9-10-12-48(43)59(67)72/h9-18,25-28,34-35,45-46,52,54,68H,8,19-24,29-33H2,1-7H3,(H,61,71)(H,62,69)(H,64,70)/t46-,52?,54?/m1/s1. The molecule has 0 aliphatic carbocycles. The van der Waals surface area contributed by atoms with Gasteiger partial charge >= 0.3 is 0 Å². The van der Waals surface area contributed by atoms with Crippen molar-refractivity contribution >= 4 is 40.7 Å². The van der Waals surface area contributed by atoms with Gasteiger partial charge in [-0.25, -0.2) is 4.98 Å². The number of hydrogen-bond acceptors (Lipinski definition) is 12. The van der Waals surface area contributed by atoms with E-state index in [9.17, 15) is 29.1 Å². The largest absolute Gasteiger partial charge is 0.490 e. The number of β-amino-alcohol motifs (C(OH)–C–C–N with tert-alkyl or cyclic N) is 1. The van der Waals surface area contributed by atoms with Crippen LogP contribution in [-0.4, -0.2) is 112 Å². The number of rotatable bonds is 19. The second kappa shape index (κ2) is 23.9. The fourth-order valence-electron chi connectivity index (χ4n) is 11.1. The Morgan fingerprint density at radius 1 is 0.896 bits per heavy atom. The number of fused-ring (bicyclic) bond motifs is 1. The Balaban J connectivity index is 0.880. The summed E-state index contributed by atoms with van der Waals surface area (Å²) in [5, 5.41) is 16.9. The highest BCUT2D eigenvalue weighted by Crippen LogP contribution is 2.36. The van der Waals surface area contributed by atoms with E-state index in [-0.39, 0.29) is 74.5 Å². The highest BCUT2D eigenvalue weighted by Gasteiger charge is 2.46. The summed E-state index contributed by atoms with van der Waals surface area (Å²) in [5.41, 5.74) is 11.7. The molecule has 404 valence electrons. The van der Waals surface area contributed by atoms with Crippen LogP contribution in [0.4, 0.5) is 5.69 Å². The molecule has 2 aromatic heterocycles. The molecular weight excluding hydrogens is 995 g/mol. The fraction of sp³-hybridized carbons (Fsp3) is 0.400. The molecule has 0 radical (unpaired) electrons. The third kappa shape index (κ3) is 12.0. The SMILES string of the molecule is CCN(c1cc(-c2ccc(OCCOc3cc(-c4scnc4C)ccc3CNC(=O)C3C[C@@H](O)CN3C(=O)C(C(C)C)N3Cc4ccccc4C3=O)cc2)cc(C(=O)NCc2c(C)cc(C)[nH]c2=O)c1C)C1CCOCC1. The maximum atomic E-state index is 14.4. The number of carbonyl (C=O) groups excluding carboxylic acids is 4. The number of aromatic nitrogens is 2. The molecule has 4 aromatic carbocycles. The van der Waals surface area contributed by atoms with Crippen LogP contribution in [-0.2, 0) is 34.0 Å². The van der Waals surface area contributed by atoms with Crippen LogP contribution in [0.25, 0.3) is 21.6 Å². The van der Waals surface area contributed by atoms with Crippen LogP contribution >= 0.6 is 11.3 Å². The number of pyridine rings is 1. The Morgan fingerprint density at radius 3 is 2.34 bits per heavy atom. The third-order valence-electron chi connectivity index (χ3n) is 15.1. The van der Waals surface area contributed by atoms with Crippen molar-refractivity contribution in [2.45, 2.75) is 112 Å². The second-order valence-corrected chi connectivity index (χ2v) is 21.5. The average Bonchev–Trinajstić information content (AvgIpc) is 4.13. The van der Waals surface area contributed by atoms with Crippen LogP contribution < -0.4 is 30.6 Å². The quantitative estimate of drug-likeness (QED) is 0.0573. The van der Waals surface area contributed by atoms with E-state index < -0.39 is 24.1 Å². The van der Waals surface area contributed by atoms with Crippen LogP contribution in [0.1, 0.15) is 100.0 Å². The number of aliphatic hydroxyl groups is 1. The van der Waals surface area contributed by atoms with E-state index in [1.54, 1.807) is 22.5 Å². The maximum Gasteiger partial charge on any atom is 0.255 e. The first kappa shape index (κ1) is 54.4. The minimum absolute atomic E-state index is 0.0176. The molecule has 2 fully saturated rings. The maximum absolute atomic E-state index is 14.4. The van der Waals surface area contributed by atoms with Gasteiger partial charge in [-0.1, -0.05) is 56.3 Å². The van der Waals surface area contributed by atoms with Gasteiger partial charge in [0.2, 0.25) is 11.8 Å². The molecule has 3 atom stereocenters. The molecule has 0 bridgehead atoms. The molecule has 17 heteroatoms. The van der Waals surface area contributed by atoms with Gasteiger partial charge in [-0.2, -0.15) is 0 Å². The van der Waals surface area contributed by atoms with Crippen molar-refractivity contribution in [2.24, 2.45) is 5.92 Å². The van der Waals surface area contributed by atoms with Crippen LogP contribution in [0.2, 0.25) is 0 Å². The summed E-state index contributed by atoms with van der Waals surface area (Å²) in [4.78, 5) is 82.6. The predicted molar refractivity (Wildman–Crippen MR) is 297 cm³/mol. The van der Waals surface area contributed by atoms with Crippen LogP contribution in [0.15, 0.2) is 95.2 Å². The number of thiazole rings is 1. The van der Waals surface area contributed by atoms with E-state index in [0.717, 1.165) is 74.7 Å². The third-order valence-corrected chi connectivity index (χ3v) is 16.1. The smallest absolute Gasteiger partial charge is 0.255 e. The molecule has 16 nitrogen and oxygen atoms in total. The Kier molecular flexibility index (Phi) is 16.9. The van der Waals surface area contributed by atoms with Crippen molar-refractivity contribution in [3.8, 4) is 33.1 Å². The van der Waals surface area contributed by atoms with Gasteiger partial charge in [0.25, 0.3) is 17.4 Å². The van der Waals surface area contributed by atoms with Gasteiger partial charge in [0.1, 0.15) is 36.8 Å². The number of aliphatic hydroxyl groups excluding tert-OH is 1. The summed E-state index contributed by atoms with van der Waals surface area (Å²) in [6, 6.07) is 25.3. The zero-order valence-electron chi connectivity index (χ0n) is 44.9. The first-order valence-electron chi connectivity index (χ1n) is 26.6. The number of hydrogen-bond donors (Lipinski definition) is 4. The molecular formula is C60H69N7O9S. The summed E-state index contributed by atoms with van der Waals surface area (Å²) in [6.45, 7) is 16.5. The Hall–Kier alpha value is -7.34. The molecule has 77 heavy (non-hydrogen) atoms. The molecule has 0 spiro atoms. The number of likely N-dealkylation sites (tertiary alicyclic amines) is 1. The Bertz CT molecular complexity index is 3200. The lowest BCUT2D eigenvalue weighted by molar-refractivity contribution is -0.143. The predicted octanol–water partition coefficient (Wildman–Crippen LogP) is 8.05. The van der Waals surface area contributed by atoms with Crippen molar-refractivity contribution in [3.05, 3.63) is 151 Å². The number of ether oxygens (including phenoxy) is 3. The molecule has 4 N–H and O–H groups in total. The molecule has 0 saturated carbocycles. The lowest BCUT2D eigenvalue weighted by Gasteiger charge is -2.37. The summed E-state index contributed by atoms with van der Waals surface area (Å²) in [6.07, 6.45) is 0.933. The highest BCUT2D eigenvalue weighted by molar-refractivity contribution is 7.13. The van der Waals surface area contributed by atoms with E-state index in [1.165, 1.54) is 16.2 Å². The van der Waals surface area contributed by atoms with Crippen molar-refractivity contribution in [3.63, 3.8) is 0 Å². The summed E-state index contributed by atoms with van der Waals surface area (Å²) < 4.78 is 18.4. The first-order valence-corrected chi connectivity index (χ1v) is 27.5. The minimum Gasteiger partial charge on any atom is -0.490 e. The fourth-order valence-corrected chi connectivity index (χ4v) is 11.9. The van der Waals surface area contributed by atoms with E-state index in [0.29, 0.717) is 53.5 Å². The molecule has 2 unspecified atom stereocenters. The van der Waals surface area contributed by atoms with Gasteiger partial charge in [0.15, 0.2) is 0 Å². The molecule has 6 aromatic rings. The van der Waals surface area contributed by atoms with Gasteiger partial charge in [-0.05, 0) is 129 Å². The number of carbonyl (C=O) groups is 4. The van der Waals surface area contributed by atoms with Crippen LogP contribution in [0.3, 0.4) is 0 Å². The van der Waals surface area contributed by atoms with E-state index in [4.69, 9.17) is 14.2 Å². The number of anilines is 1. The van der Waals surface area contributed by atoms with Crippen molar-refractivity contribution < 1.29 is 38.5 Å². The monoisotopic (exact) mass is 1060 g/mol. The van der Waals surface area contributed by atoms with Crippen molar-refractivity contribution in [2.75, 3.05) is 44.4 Å². The molecule has 9 rings (SSSR count). The van der Waals surface area contributed by atoms with E-state index in [1.807, 2.05) is 108 Å². The summed E-state index contributed by atoms with van der Waals surface area (Å²) in [7, 11) is 0. The molecule has 2 saturated heterocycles. The Labute approximate surface area is 453 Å². The second-order valence-electron chi connectivity index (χ2n) is 20.6. The number of aromatic amines is 1. The van der Waals surface area contributed by atoms with Crippen LogP contribution in [0, 0.1) is 33.6 Å². The number of nitrogens with one attached hydrogen (secondary N) is 3. The number of amides is 4. The zero-order valence-corrected chi connectivity index (χ0v) is 45.8. The number of benzene rings is 4. The van der Waals surface area contributed by atoms with Crippen LogP contribution in [0.5, 0.6) is 11.5 Å².